The minimum Gasteiger partial charge on any atom is -0.504 e. The van der Waals surface area contributed by atoms with Crippen molar-refractivity contribution in [2.24, 2.45) is 0 Å². The maximum atomic E-state index is 13.3. The zero-order valence-corrected chi connectivity index (χ0v) is 15.5. The fourth-order valence-electron chi connectivity index (χ4n) is 3.31. The molecule has 0 spiro atoms. The van der Waals surface area contributed by atoms with Crippen LogP contribution in [0, 0.1) is 12.7 Å². The first-order valence-electron chi connectivity index (χ1n) is 8.65. The normalized spacial score (nSPS) is 11.0. The number of aromatic carboxylic acids is 1. The van der Waals surface area contributed by atoms with Crippen LogP contribution in [0.15, 0.2) is 48.7 Å². The van der Waals surface area contributed by atoms with Gasteiger partial charge in [0.05, 0.1) is 29.4 Å². The lowest BCUT2D eigenvalue weighted by atomic mass is 9.97. The summed E-state index contributed by atoms with van der Waals surface area (Å²) in [5.74, 6) is -1.36. The number of hydrogen-bond acceptors (Lipinski definition) is 5. The Morgan fingerprint density at radius 1 is 1.17 bits per heavy atom. The van der Waals surface area contributed by atoms with E-state index in [0.29, 0.717) is 33.5 Å². The van der Waals surface area contributed by atoms with E-state index in [1.54, 1.807) is 31.2 Å². The van der Waals surface area contributed by atoms with Crippen molar-refractivity contribution in [2.75, 3.05) is 7.11 Å². The molecule has 4 rings (SSSR count). The minimum absolute atomic E-state index is 0.00741. The van der Waals surface area contributed by atoms with Crippen LogP contribution in [0.2, 0.25) is 0 Å². The summed E-state index contributed by atoms with van der Waals surface area (Å²) in [6, 6.07) is 10.4. The van der Waals surface area contributed by atoms with Gasteiger partial charge in [-0.05, 0) is 48.9 Å². The Morgan fingerprint density at radius 2 is 1.90 bits per heavy atom. The van der Waals surface area contributed by atoms with Crippen LogP contribution < -0.4 is 4.74 Å². The molecule has 2 aromatic heterocycles. The van der Waals surface area contributed by atoms with Crippen LogP contribution in [0.5, 0.6) is 11.5 Å². The van der Waals surface area contributed by atoms with Crippen LogP contribution >= 0.6 is 0 Å². The molecular formula is C21H16FN3O4. The van der Waals surface area contributed by atoms with Gasteiger partial charge in [-0.1, -0.05) is 6.07 Å². The molecule has 8 heteroatoms. The monoisotopic (exact) mass is 393 g/mol. The van der Waals surface area contributed by atoms with Crippen molar-refractivity contribution in [3.8, 4) is 28.3 Å². The second-order valence-corrected chi connectivity index (χ2v) is 6.41. The van der Waals surface area contributed by atoms with Gasteiger partial charge in [-0.3, -0.25) is 0 Å². The van der Waals surface area contributed by atoms with Crippen LogP contribution in [0.25, 0.3) is 27.8 Å². The number of aryl methyl sites for hydroxylation is 1. The van der Waals surface area contributed by atoms with Gasteiger partial charge < -0.3 is 14.9 Å². The van der Waals surface area contributed by atoms with E-state index in [2.05, 4.69) is 10.1 Å². The van der Waals surface area contributed by atoms with Crippen molar-refractivity contribution < 1.29 is 24.1 Å². The zero-order chi connectivity index (χ0) is 20.7. The molecule has 0 amide bonds. The van der Waals surface area contributed by atoms with Crippen LogP contribution in [-0.4, -0.2) is 38.1 Å². The molecular weight excluding hydrogens is 377 g/mol. The van der Waals surface area contributed by atoms with Gasteiger partial charge in [0.2, 0.25) is 0 Å². The highest BCUT2D eigenvalue weighted by Crippen LogP contribution is 2.38. The number of rotatable bonds is 4. The average Bonchev–Trinajstić information content (AvgIpc) is 3.05. The van der Waals surface area contributed by atoms with Gasteiger partial charge in [0.1, 0.15) is 5.82 Å². The predicted octanol–water partition coefficient (Wildman–Crippen LogP) is 3.95. The molecule has 29 heavy (non-hydrogen) atoms. The standard InChI is InChI=1S/C21H16FN3O4/c1-11-18-19(12-3-8-16(26)17(9-12)29-2)15(21(27)28)10-23-20(18)25(24-11)14-6-4-13(22)5-7-14/h3-10,26H,1-2H3,(H,27,28). The minimum atomic E-state index is -1.14. The number of methoxy groups -OCH3 is 1. The van der Waals surface area contributed by atoms with Crippen molar-refractivity contribution in [3.05, 3.63) is 65.7 Å². The number of carbonyl (C=O) groups is 1. The summed E-state index contributed by atoms with van der Waals surface area (Å²) in [5, 5.41) is 24.7. The molecule has 0 saturated carbocycles. The second kappa shape index (κ2) is 6.90. The number of nitrogens with zero attached hydrogens (tertiary/aromatic N) is 3. The number of benzene rings is 2. The van der Waals surface area contributed by atoms with Crippen LogP contribution in [0.1, 0.15) is 16.1 Å². The highest BCUT2D eigenvalue weighted by atomic mass is 19.1. The van der Waals surface area contributed by atoms with Crippen molar-refractivity contribution in [1.29, 1.82) is 0 Å². The largest absolute Gasteiger partial charge is 0.504 e. The lowest BCUT2D eigenvalue weighted by Crippen LogP contribution is -2.03. The Balaban J connectivity index is 2.06. The zero-order valence-electron chi connectivity index (χ0n) is 15.5. The Kier molecular flexibility index (Phi) is 4.38. The number of halogens is 1. The van der Waals surface area contributed by atoms with Gasteiger partial charge >= 0.3 is 5.97 Å². The Morgan fingerprint density at radius 3 is 2.55 bits per heavy atom. The maximum absolute atomic E-state index is 13.3. The van der Waals surface area contributed by atoms with E-state index < -0.39 is 5.97 Å². The molecule has 0 aliphatic rings. The first-order valence-corrected chi connectivity index (χ1v) is 8.65. The van der Waals surface area contributed by atoms with Crippen LogP contribution in [0.4, 0.5) is 4.39 Å². The Labute approximate surface area is 164 Å². The molecule has 2 aromatic carbocycles. The second-order valence-electron chi connectivity index (χ2n) is 6.41. The van der Waals surface area contributed by atoms with E-state index in [-0.39, 0.29) is 22.9 Å². The molecule has 146 valence electrons. The summed E-state index contributed by atoms with van der Waals surface area (Å²) in [6.07, 6.45) is 1.26. The lowest BCUT2D eigenvalue weighted by molar-refractivity contribution is 0.0697. The summed E-state index contributed by atoms with van der Waals surface area (Å²) in [6.45, 7) is 1.75. The fraction of sp³-hybridized carbons (Fsp3) is 0.0952. The summed E-state index contributed by atoms with van der Waals surface area (Å²) in [5.41, 5.74) is 2.52. The molecule has 0 fully saturated rings. The topological polar surface area (TPSA) is 97.5 Å². The third-order valence-electron chi connectivity index (χ3n) is 4.64. The maximum Gasteiger partial charge on any atom is 0.337 e. The smallest absolute Gasteiger partial charge is 0.337 e. The van der Waals surface area contributed by atoms with E-state index in [1.165, 1.54) is 36.2 Å². The van der Waals surface area contributed by atoms with Gasteiger partial charge in [-0.2, -0.15) is 5.10 Å². The number of fused-ring (bicyclic) bond motifs is 1. The molecule has 0 atom stereocenters. The van der Waals surface area contributed by atoms with Gasteiger partial charge in [0.15, 0.2) is 17.1 Å². The Bertz CT molecular complexity index is 1250. The quantitative estimate of drug-likeness (QED) is 0.545. The number of aromatic nitrogens is 3. The van der Waals surface area contributed by atoms with E-state index in [1.807, 2.05) is 0 Å². The molecule has 0 radical (unpaired) electrons. The number of pyridine rings is 1. The number of carboxylic acid groups (broad SMARTS) is 1. The van der Waals surface area contributed by atoms with Gasteiger partial charge in [0.25, 0.3) is 0 Å². The molecule has 0 saturated heterocycles. The summed E-state index contributed by atoms with van der Waals surface area (Å²) >= 11 is 0. The summed E-state index contributed by atoms with van der Waals surface area (Å²) in [4.78, 5) is 16.2. The molecule has 2 heterocycles. The number of hydrogen-bond donors (Lipinski definition) is 2. The molecule has 0 aliphatic carbocycles. The van der Waals surface area contributed by atoms with E-state index in [9.17, 15) is 19.4 Å². The number of carboxylic acids is 1. The first-order chi connectivity index (χ1) is 13.9. The Hall–Kier alpha value is -3.94. The van der Waals surface area contributed by atoms with Crippen LogP contribution in [-0.2, 0) is 0 Å². The fourth-order valence-corrected chi connectivity index (χ4v) is 3.31. The number of phenolic OH excluding ortho intramolecular Hbond substituents is 1. The number of aromatic hydroxyl groups is 1. The van der Waals surface area contributed by atoms with Crippen molar-refractivity contribution in [1.82, 2.24) is 14.8 Å². The highest BCUT2D eigenvalue weighted by molar-refractivity contribution is 6.06. The van der Waals surface area contributed by atoms with Crippen molar-refractivity contribution >= 4 is 17.0 Å². The highest BCUT2D eigenvalue weighted by Gasteiger charge is 2.22. The molecule has 0 unspecified atom stereocenters. The van der Waals surface area contributed by atoms with Gasteiger partial charge in [0, 0.05) is 11.8 Å². The number of phenols is 1. The molecule has 4 aromatic rings. The summed E-state index contributed by atoms with van der Waals surface area (Å²) in [7, 11) is 1.41. The molecule has 7 nitrogen and oxygen atoms in total. The average molecular weight is 393 g/mol. The van der Waals surface area contributed by atoms with Gasteiger partial charge in [-0.25, -0.2) is 18.9 Å². The van der Waals surface area contributed by atoms with E-state index >= 15 is 0 Å². The van der Waals surface area contributed by atoms with Gasteiger partial charge in [-0.15, -0.1) is 0 Å². The predicted molar refractivity (Wildman–Crippen MR) is 104 cm³/mol. The first kappa shape index (κ1) is 18.4. The molecule has 0 aliphatic heterocycles. The lowest BCUT2D eigenvalue weighted by Gasteiger charge is -2.11. The van der Waals surface area contributed by atoms with Crippen molar-refractivity contribution in [3.63, 3.8) is 0 Å². The molecule has 2 N–H and O–H groups in total. The third kappa shape index (κ3) is 3.04. The molecule has 0 bridgehead atoms. The third-order valence-corrected chi connectivity index (χ3v) is 4.64. The van der Waals surface area contributed by atoms with Crippen molar-refractivity contribution in [2.45, 2.75) is 6.92 Å². The van der Waals surface area contributed by atoms with Crippen LogP contribution in [0.3, 0.4) is 0 Å². The van der Waals surface area contributed by atoms with E-state index in [0.717, 1.165) is 0 Å². The SMILES string of the molecule is COc1cc(-c2c(C(=O)O)cnc3c2c(C)nn3-c2ccc(F)cc2)ccc1O. The summed E-state index contributed by atoms with van der Waals surface area (Å²) < 4.78 is 20.0. The van der Waals surface area contributed by atoms with E-state index in [4.69, 9.17) is 4.74 Å². The number of ether oxygens (including phenoxy) is 1.